The second-order valence-corrected chi connectivity index (χ2v) is 7.69. The Morgan fingerprint density at radius 1 is 1.40 bits per heavy atom. The number of carbonyl (C=O) groups is 1. The Morgan fingerprint density at radius 2 is 2.24 bits per heavy atom. The van der Waals surface area contributed by atoms with E-state index in [0.717, 1.165) is 43.6 Å². The zero-order chi connectivity index (χ0) is 17.2. The van der Waals surface area contributed by atoms with Crippen LogP contribution in [0.5, 0.6) is 0 Å². The van der Waals surface area contributed by atoms with Crippen molar-refractivity contribution >= 4 is 16.9 Å². The van der Waals surface area contributed by atoms with E-state index >= 15 is 0 Å². The van der Waals surface area contributed by atoms with Crippen molar-refractivity contribution in [3.8, 4) is 0 Å². The number of hydrogen-bond acceptors (Lipinski definition) is 3. The number of nitrogens with one attached hydrogen (secondary N) is 1. The maximum atomic E-state index is 13.2. The van der Waals surface area contributed by atoms with Crippen LogP contribution >= 0.6 is 0 Å². The highest BCUT2D eigenvalue weighted by Gasteiger charge is 2.60. The van der Waals surface area contributed by atoms with Gasteiger partial charge in [0.1, 0.15) is 5.41 Å². The largest absolute Gasteiger partial charge is 0.468 e. The van der Waals surface area contributed by atoms with Gasteiger partial charge >= 0.3 is 5.97 Å². The van der Waals surface area contributed by atoms with E-state index in [0.29, 0.717) is 5.92 Å². The van der Waals surface area contributed by atoms with Crippen LogP contribution in [0, 0.1) is 5.92 Å². The summed E-state index contributed by atoms with van der Waals surface area (Å²) in [7, 11) is 1.53. The molecule has 1 aromatic heterocycles. The molecule has 1 saturated heterocycles. The normalized spacial score (nSPS) is 32.9. The zero-order valence-corrected chi connectivity index (χ0v) is 14.8. The van der Waals surface area contributed by atoms with Crippen LogP contribution in [0.4, 0.5) is 0 Å². The fourth-order valence-corrected chi connectivity index (χ4v) is 5.71. The fraction of sp³-hybridized carbons (Fsp3) is 0.476. The molecule has 1 fully saturated rings. The summed E-state index contributed by atoms with van der Waals surface area (Å²) in [4.78, 5) is 19.4. The highest BCUT2D eigenvalue weighted by atomic mass is 16.5. The van der Waals surface area contributed by atoms with E-state index in [4.69, 9.17) is 4.74 Å². The average Bonchev–Trinajstić information content (AvgIpc) is 3.00. The lowest BCUT2D eigenvalue weighted by molar-refractivity contribution is -0.153. The summed E-state index contributed by atoms with van der Waals surface area (Å²) in [5.41, 5.74) is 4.36. The maximum Gasteiger partial charge on any atom is 0.319 e. The molecule has 0 radical (unpaired) electrons. The Bertz CT molecular complexity index is 896. The van der Waals surface area contributed by atoms with Gasteiger partial charge in [0.05, 0.1) is 13.2 Å². The summed E-state index contributed by atoms with van der Waals surface area (Å²) in [6.45, 7) is 4.28. The van der Waals surface area contributed by atoms with Crippen LogP contribution in [-0.2, 0) is 21.4 Å². The molecule has 3 aliphatic heterocycles. The summed E-state index contributed by atoms with van der Waals surface area (Å²) >= 11 is 0. The van der Waals surface area contributed by atoms with Gasteiger partial charge < -0.3 is 9.72 Å². The second kappa shape index (κ2) is 5.21. The van der Waals surface area contributed by atoms with Crippen molar-refractivity contribution in [2.45, 2.75) is 37.6 Å². The zero-order valence-electron chi connectivity index (χ0n) is 14.8. The van der Waals surface area contributed by atoms with Crippen LogP contribution in [-0.4, -0.2) is 42.1 Å². The number of nitrogens with zero attached hydrogens (tertiary/aromatic N) is 1. The number of piperidine rings is 1. The van der Waals surface area contributed by atoms with Gasteiger partial charge in [-0.15, -0.1) is 0 Å². The molecule has 0 saturated carbocycles. The van der Waals surface area contributed by atoms with Crippen molar-refractivity contribution < 1.29 is 9.53 Å². The van der Waals surface area contributed by atoms with Crippen molar-refractivity contribution in [2.24, 2.45) is 5.92 Å². The van der Waals surface area contributed by atoms with Gasteiger partial charge in [-0.1, -0.05) is 36.8 Å². The predicted octanol–water partition coefficient (Wildman–Crippen LogP) is 3.18. The lowest BCUT2D eigenvalue weighted by Gasteiger charge is -2.53. The topological polar surface area (TPSA) is 45.3 Å². The molecule has 4 aliphatic rings. The van der Waals surface area contributed by atoms with E-state index in [2.05, 4.69) is 47.1 Å². The van der Waals surface area contributed by atoms with Crippen LogP contribution in [0.15, 0.2) is 35.9 Å². The number of H-pyrrole nitrogens is 1. The van der Waals surface area contributed by atoms with Crippen LogP contribution in [0.3, 0.4) is 0 Å². The molecule has 2 aromatic rings. The summed E-state index contributed by atoms with van der Waals surface area (Å²) < 4.78 is 5.41. The first kappa shape index (κ1) is 15.2. The fourth-order valence-electron chi connectivity index (χ4n) is 5.71. The van der Waals surface area contributed by atoms with Crippen molar-refractivity contribution in [1.82, 2.24) is 9.88 Å². The molecule has 4 heterocycles. The molecule has 4 heteroatoms. The van der Waals surface area contributed by atoms with Gasteiger partial charge in [-0.25, -0.2) is 0 Å². The summed E-state index contributed by atoms with van der Waals surface area (Å²) in [5.74, 6) is 0.345. The molecule has 4 bridgehead atoms. The molecule has 1 N–H and O–H groups in total. The van der Waals surface area contributed by atoms with Gasteiger partial charge in [0.2, 0.25) is 0 Å². The van der Waals surface area contributed by atoms with Gasteiger partial charge in [-0.3, -0.25) is 9.69 Å². The Balaban J connectivity index is 1.83. The summed E-state index contributed by atoms with van der Waals surface area (Å²) in [5, 5.41) is 1.26. The number of esters is 1. The minimum Gasteiger partial charge on any atom is -0.468 e. The number of methoxy groups -OCH3 is 1. The minimum atomic E-state index is -0.595. The smallest absolute Gasteiger partial charge is 0.319 e. The van der Waals surface area contributed by atoms with Crippen molar-refractivity contribution in [3.63, 3.8) is 0 Å². The monoisotopic (exact) mass is 336 g/mol. The molecule has 0 spiro atoms. The number of rotatable bonds is 2. The van der Waals surface area contributed by atoms with Gasteiger partial charge in [-0.05, 0) is 36.8 Å². The molecule has 4 nitrogen and oxygen atoms in total. The van der Waals surface area contributed by atoms with E-state index in [1.54, 1.807) is 0 Å². The first-order chi connectivity index (χ1) is 12.2. The highest BCUT2D eigenvalue weighted by Crippen LogP contribution is 2.52. The number of fused-ring (bicyclic) bond motifs is 3. The molecule has 25 heavy (non-hydrogen) atoms. The molecular weight excluding hydrogens is 312 g/mol. The van der Waals surface area contributed by atoms with Crippen molar-refractivity contribution in [2.75, 3.05) is 20.2 Å². The van der Waals surface area contributed by atoms with Gasteiger partial charge in [0.15, 0.2) is 0 Å². The third-order valence-electron chi connectivity index (χ3n) is 6.55. The first-order valence-corrected chi connectivity index (χ1v) is 9.32. The molecule has 4 atom stereocenters. The van der Waals surface area contributed by atoms with Crippen LogP contribution in [0.1, 0.15) is 31.0 Å². The molecule has 130 valence electrons. The predicted molar refractivity (Wildman–Crippen MR) is 97.5 cm³/mol. The van der Waals surface area contributed by atoms with E-state index in [1.807, 2.05) is 0 Å². The molecule has 0 amide bonds. The number of para-hydroxylation sites is 1. The number of benzene rings is 1. The van der Waals surface area contributed by atoms with Crippen molar-refractivity contribution in [1.29, 1.82) is 0 Å². The number of ether oxygens (including phenoxy) is 1. The van der Waals surface area contributed by atoms with Crippen LogP contribution < -0.4 is 0 Å². The highest BCUT2D eigenvalue weighted by molar-refractivity contribution is 5.92. The minimum absolute atomic E-state index is 0.0824. The molecule has 1 aromatic carbocycles. The van der Waals surface area contributed by atoms with Gasteiger partial charge in [-0.2, -0.15) is 0 Å². The average molecular weight is 336 g/mol. The van der Waals surface area contributed by atoms with Gasteiger partial charge in [0.25, 0.3) is 0 Å². The Hall–Kier alpha value is -2.07. The van der Waals surface area contributed by atoms with Crippen LogP contribution in [0.2, 0.25) is 0 Å². The number of hydrogen-bond donors (Lipinski definition) is 1. The van der Waals surface area contributed by atoms with E-state index in [-0.39, 0.29) is 12.0 Å². The summed E-state index contributed by atoms with van der Waals surface area (Å²) in [6, 6.07) is 8.56. The SMILES string of the molecule is CCC1=C[C@@H]2CN3CCc4c([nH]c5ccccc45)[C@](C(=O)OC)(C2)[C@H]13. The number of aromatic nitrogens is 1. The van der Waals surface area contributed by atoms with E-state index in [1.165, 1.54) is 23.6 Å². The molecular formula is C21H24N2O2. The quantitative estimate of drug-likeness (QED) is 0.677. The summed E-state index contributed by atoms with van der Waals surface area (Å²) in [6.07, 6.45) is 5.25. The Morgan fingerprint density at radius 3 is 3.04 bits per heavy atom. The first-order valence-electron chi connectivity index (χ1n) is 9.32. The van der Waals surface area contributed by atoms with Crippen LogP contribution in [0.25, 0.3) is 10.9 Å². The molecule has 1 aliphatic carbocycles. The third-order valence-corrected chi connectivity index (χ3v) is 6.55. The molecule has 6 rings (SSSR count). The Labute approximate surface area is 147 Å². The van der Waals surface area contributed by atoms with E-state index < -0.39 is 5.41 Å². The number of aromatic amines is 1. The third kappa shape index (κ3) is 1.83. The molecule has 1 unspecified atom stereocenters. The lowest BCUT2D eigenvalue weighted by atomic mass is 9.60. The Kier molecular flexibility index (Phi) is 3.17. The second-order valence-electron chi connectivity index (χ2n) is 7.69. The maximum absolute atomic E-state index is 13.2. The number of carbonyl (C=O) groups excluding carboxylic acids is 1. The standard InChI is InChI=1S/C21H24N2O2/c1-3-14-10-13-11-21(20(24)25-2)18-16(8-9-23(12-13)19(14)21)15-6-4-5-7-17(15)22-18/h4-7,10,13,19,22H,3,8-9,11-12H2,1-2H3/t13-,19-,21+/m0/s1. The van der Waals surface area contributed by atoms with E-state index in [9.17, 15) is 4.79 Å². The van der Waals surface area contributed by atoms with Crippen molar-refractivity contribution in [3.05, 3.63) is 47.2 Å². The van der Waals surface area contributed by atoms with Gasteiger partial charge in [0, 0.05) is 29.7 Å². The lowest BCUT2D eigenvalue weighted by Crippen LogP contribution is -2.63.